The highest BCUT2D eigenvalue weighted by Crippen LogP contribution is 2.40. The van der Waals surface area contributed by atoms with Crippen molar-refractivity contribution in [2.45, 2.75) is 12.4 Å². The number of nitrogen functional groups attached to an aromatic ring is 1. The standard InChI is InChI=1S/C22H11F8N3O2S/c23-15-3-1-11(7-13(15)21(25,26)27)34-19-17(31)20(33-18(32-19)10-5-6-36-9-10)35-12-2-4-16(24)14(8-12)22(28,29)30/h1-9H,31H2. The molecule has 0 aliphatic carbocycles. The fraction of sp³-hybridized carbons (Fsp3) is 0.0909. The van der Waals surface area contributed by atoms with Crippen molar-refractivity contribution in [2.24, 2.45) is 0 Å². The van der Waals surface area contributed by atoms with Crippen LogP contribution in [0.5, 0.6) is 23.3 Å². The highest BCUT2D eigenvalue weighted by Gasteiger charge is 2.35. The molecule has 2 aromatic carbocycles. The third kappa shape index (κ3) is 5.32. The number of halogens is 8. The summed E-state index contributed by atoms with van der Waals surface area (Å²) < 4.78 is 116. The molecule has 0 aliphatic heterocycles. The van der Waals surface area contributed by atoms with E-state index in [1.54, 1.807) is 16.8 Å². The Morgan fingerprint density at radius 3 is 1.58 bits per heavy atom. The smallest absolute Gasteiger partial charge is 0.419 e. The zero-order chi connectivity index (χ0) is 26.3. The van der Waals surface area contributed by atoms with Crippen LogP contribution in [0.3, 0.4) is 0 Å². The van der Waals surface area contributed by atoms with Crippen molar-refractivity contribution in [1.29, 1.82) is 0 Å². The molecule has 2 aromatic heterocycles. The van der Waals surface area contributed by atoms with E-state index in [9.17, 15) is 35.1 Å². The lowest BCUT2D eigenvalue weighted by Crippen LogP contribution is -2.09. The van der Waals surface area contributed by atoms with Crippen LogP contribution in [0.25, 0.3) is 11.4 Å². The fourth-order valence-electron chi connectivity index (χ4n) is 2.90. The molecule has 2 heterocycles. The van der Waals surface area contributed by atoms with Gasteiger partial charge in [0.2, 0.25) is 11.8 Å². The molecule has 0 amide bonds. The maximum Gasteiger partial charge on any atom is 0.419 e. The molecular weight excluding hydrogens is 522 g/mol. The van der Waals surface area contributed by atoms with Gasteiger partial charge in [0.15, 0.2) is 11.5 Å². The summed E-state index contributed by atoms with van der Waals surface area (Å²) in [6.07, 6.45) is -10.0. The number of ether oxygens (including phenoxy) is 2. The molecule has 4 rings (SSSR count). The molecule has 36 heavy (non-hydrogen) atoms. The Kier molecular flexibility index (Phi) is 6.47. The van der Waals surface area contributed by atoms with E-state index in [4.69, 9.17) is 15.2 Å². The maximum absolute atomic E-state index is 13.6. The van der Waals surface area contributed by atoms with Gasteiger partial charge in [-0.1, -0.05) is 0 Å². The first-order valence-electron chi connectivity index (χ1n) is 9.62. The van der Waals surface area contributed by atoms with E-state index in [0.29, 0.717) is 29.8 Å². The third-order valence-electron chi connectivity index (χ3n) is 4.57. The molecule has 0 unspecified atom stereocenters. The van der Waals surface area contributed by atoms with Gasteiger partial charge in [-0.3, -0.25) is 0 Å². The van der Waals surface area contributed by atoms with E-state index in [2.05, 4.69) is 9.97 Å². The van der Waals surface area contributed by atoms with Crippen molar-refractivity contribution in [1.82, 2.24) is 9.97 Å². The van der Waals surface area contributed by atoms with Crippen LogP contribution in [-0.4, -0.2) is 9.97 Å². The van der Waals surface area contributed by atoms with E-state index in [-0.39, 0.29) is 5.82 Å². The van der Waals surface area contributed by atoms with Crippen LogP contribution in [0.1, 0.15) is 11.1 Å². The fourth-order valence-corrected chi connectivity index (χ4v) is 3.53. The van der Waals surface area contributed by atoms with Crippen LogP contribution in [-0.2, 0) is 12.4 Å². The summed E-state index contributed by atoms with van der Waals surface area (Å²) >= 11 is 1.24. The van der Waals surface area contributed by atoms with Gasteiger partial charge in [-0.2, -0.15) is 47.6 Å². The number of hydrogen-bond acceptors (Lipinski definition) is 6. The van der Waals surface area contributed by atoms with Gasteiger partial charge in [0.05, 0.1) is 11.1 Å². The van der Waals surface area contributed by atoms with Crippen molar-refractivity contribution >= 4 is 17.0 Å². The van der Waals surface area contributed by atoms with Crippen molar-refractivity contribution in [3.05, 3.63) is 76.0 Å². The van der Waals surface area contributed by atoms with Gasteiger partial charge in [0, 0.05) is 10.9 Å². The molecule has 0 atom stereocenters. The lowest BCUT2D eigenvalue weighted by molar-refractivity contribution is -0.140. The molecule has 0 aliphatic rings. The number of aromatic nitrogens is 2. The van der Waals surface area contributed by atoms with Gasteiger partial charge in [0.1, 0.15) is 23.1 Å². The van der Waals surface area contributed by atoms with Crippen molar-refractivity contribution in [3.8, 4) is 34.6 Å². The first-order valence-corrected chi connectivity index (χ1v) is 10.6. The van der Waals surface area contributed by atoms with Gasteiger partial charge in [0.25, 0.3) is 0 Å². The Hall–Kier alpha value is -3.94. The Labute approximate surface area is 200 Å². The summed E-state index contributed by atoms with van der Waals surface area (Å²) in [5.74, 6) is -5.17. The SMILES string of the molecule is Nc1c(Oc2ccc(F)c(C(F)(F)F)c2)nc(-c2ccsc2)nc1Oc1ccc(F)c(C(F)(F)F)c1. The number of hydrogen-bond donors (Lipinski definition) is 1. The highest BCUT2D eigenvalue weighted by atomic mass is 32.1. The number of alkyl halides is 6. The van der Waals surface area contributed by atoms with Crippen molar-refractivity contribution in [3.63, 3.8) is 0 Å². The zero-order valence-corrected chi connectivity index (χ0v) is 18.2. The molecule has 0 radical (unpaired) electrons. The summed E-state index contributed by atoms with van der Waals surface area (Å²) in [5.41, 5.74) is 2.64. The second-order valence-corrected chi connectivity index (χ2v) is 7.85. The van der Waals surface area contributed by atoms with Gasteiger partial charge in [-0.05, 0) is 47.8 Å². The second kappa shape index (κ2) is 9.26. The Morgan fingerprint density at radius 1 is 0.722 bits per heavy atom. The molecule has 0 bridgehead atoms. The number of nitrogens with zero attached hydrogens (tertiary/aromatic N) is 2. The minimum Gasteiger partial charge on any atom is -0.437 e. The van der Waals surface area contributed by atoms with Crippen molar-refractivity contribution in [2.75, 3.05) is 5.73 Å². The van der Waals surface area contributed by atoms with Crippen LogP contribution in [0.15, 0.2) is 53.2 Å². The quantitative estimate of drug-likeness (QED) is 0.267. The first kappa shape index (κ1) is 25.2. The zero-order valence-electron chi connectivity index (χ0n) is 17.4. The maximum atomic E-state index is 13.6. The molecule has 14 heteroatoms. The predicted molar refractivity (Wildman–Crippen MR) is 113 cm³/mol. The van der Waals surface area contributed by atoms with Gasteiger partial charge < -0.3 is 15.2 Å². The normalized spacial score (nSPS) is 12.0. The van der Waals surface area contributed by atoms with E-state index in [1.165, 1.54) is 11.3 Å². The predicted octanol–water partition coefficient (Wildman–Crippen LogP) is 7.69. The van der Waals surface area contributed by atoms with Crippen LogP contribution >= 0.6 is 11.3 Å². The average molecular weight is 533 g/mol. The van der Waals surface area contributed by atoms with Gasteiger partial charge in [-0.15, -0.1) is 0 Å². The summed E-state index contributed by atoms with van der Waals surface area (Å²) in [4.78, 5) is 8.10. The molecule has 4 aromatic rings. The summed E-state index contributed by atoms with van der Waals surface area (Å²) in [5, 5.41) is 3.25. The Morgan fingerprint density at radius 2 is 1.19 bits per heavy atom. The molecular formula is C22H11F8N3O2S. The molecule has 0 saturated heterocycles. The Bertz CT molecular complexity index is 1320. The summed E-state index contributed by atoms with van der Waals surface area (Å²) in [6.45, 7) is 0. The van der Waals surface area contributed by atoms with Crippen molar-refractivity contribution < 1.29 is 44.6 Å². The van der Waals surface area contributed by atoms with E-state index in [1.807, 2.05) is 0 Å². The van der Waals surface area contributed by atoms with Gasteiger partial charge in [-0.25, -0.2) is 8.78 Å². The number of rotatable bonds is 5. The first-order chi connectivity index (χ1) is 16.8. The molecule has 188 valence electrons. The van der Waals surface area contributed by atoms with E-state index in [0.717, 1.165) is 12.1 Å². The van der Waals surface area contributed by atoms with Crippen LogP contribution in [0.2, 0.25) is 0 Å². The largest absolute Gasteiger partial charge is 0.437 e. The minimum absolute atomic E-state index is 0.0910. The topological polar surface area (TPSA) is 70.3 Å². The average Bonchev–Trinajstić information content (AvgIpc) is 3.32. The highest BCUT2D eigenvalue weighted by molar-refractivity contribution is 7.08. The van der Waals surface area contributed by atoms with Crippen LogP contribution in [0.4, 0.5) is 40.8 Å². The molecule has 5 nitrogen and oxygen atoms in total. The van der Waals surface area contributed by atoms with E-state index < -0.39 is 64.1 Å². The monoisotopic (exact) mass is 533 g/mol. The number of thiophene rings is 1. The lowest BCUT2D eigenvalue weighted by atomic mass is 10.2. The molecule has 0 saturated carbocycles. The number of benzene rings is 2. The molecule has 2 N–H and O–H groups in total. The van der Waals surface area contributed by atoms with Crippen LogP contribution in [0, 0.1) is 11.6 Å². The number of anilines is 1. The molecule has 0 spiro atoms. The summed E-state index contributed by atoms with van der Waals surface area (Å²) in [7, 11) is 0. The molecule has 0 fully saturated rings. The van der Waals surface area contributed by atoms with E-state index >= 15 is 0 Å². The number of nitrogens with two attached hydrogens (primary N) is 1. The Balaban J connectivity index is 1.78. The minimum atomic E-state index is -5.02. The summed E-state index contributed by atoms with van der Waals surface area (Å²) in [6, 6.07) is 5.20. The third-order valence-corrected chi connectivity index (χ3v) is 5.25. The van der Waals surface area contributed by atoms with Gasteiger partial charge >= 0.3 is 12.4 Å². The second-order valence-electron chi connectivity index (χ2n) is 7.07. The van der Waals surface area contributed by atoms with Crippen LogP contribution < -0.4 is 15.2 Å². The lowest BCUT2D eigenvalue weighted by Gasteiger charge is -2.15.